The number of rotatable bonds is 5. The zero-order valence-electron chi connectivity index (χ0n) is 9.89. The minimum Gasteiger partial charge on any atom is -0.468 e. The highest BCUT2D eigenvalue weighted by molar-refractivity contribution is 5.23. The molecule has 1 aromatic carbocycles. The minimum atomic E-state index is -0.481. The molecule has 0 aliphatic rings. The van der Waals surface area contributed by atoms with Crippen LogP contribution in [-0.2, 0) is 6.54 Å². The Labute approximate surface area is 101 Å². The van der Waals surface area contributed by atoms with Gasteiger partial charge in [-0.15, -0.1) is 0 Å². The lowest BCUT2D eigenvalue weighted by molar-refractivity contribution is 0.173. The summed E-state index contributed by atoms with van der Waals surface area (Å²) < 4.78 is 5.19. The van der Waals surface area contributed by atoms with Crippen molar-refractivity contribution in [1.82, 2.24) is 5.32 Å². The number of aliphatic hydroxyl groups is 1. The summed E-state index contributed by atoms with van der Waals surface area (Å²) in [6, 6.07) is 11.7. The van der Waals surface area contributed by atoms with Crippen molar-refractivity contribution in [3.8, 4) is 0 Å². The molecule has 0 amide bonds. The lowest BCUT2D eigenvalue weighted by Crippen LogP contribution is -2.20. The third-order valence-corrected chi connectivity index (χ3v) is 2.68. The largest absolute Gasteiger partial charge is 0.468 e. The highest BCUT2D eigenvalue weighted by atomic mass is 16.3. The van der Waals surface area contributed by atoms with Gasteiger partial charge in [-0.25, -0.2) is 0 Å². The van der Waals surface area contributed by atoms with Crippen molar-refractivity contribution >= 4 is 0 Å². The molecule has 3 heteroatoms. The lowest BCUT2D eigenvalue weighted by atomic mass is 10.1. The van der Waals surface area contributed by atoms with Gasteiger partial charge in [-0.1, -0.05) is 29.8 Å². The number of hydrogen-bond donors (Lipinski definition) is 2. The molecule has 2 rings (SSSR count). The van der Waals surface area contributed by atoms with Gasteiger partial charge in [0.15, 0.2) is 0 Å². The van der Waals surface area contributed by atoms with Gasteiger partial charge in [0.1, 0.15) is 5.76 Å². The van der Waals surface area contributed by atoms with E-state index in [4.69, 9.17) is 4.42 Å². The Morgan fingerprint density at radius 2 is 2.00 bits per heavy atom. The maximum Gasteiger partial charge on any atom is 0.117 e. The predicted octanol–water partition coefficient (Wildman–Crippen LogP) is 2.41. The fraction of sp³-hybridized carbons (Fsp3) is 0.286. The molecule has 0 fully saturated rings. The van der Waals surface area contributed by atoms with Gasteiger partial charge in [0.05, 0.1) is 18.9 Å². The summed E-state index contributed by atoms with van der Waals surface area (Å²) >= 11 is 0. The summed E-state index contributed by atoms with van der Waals surface area (Å²) in [6.07, 6.45) is 1.17. The predicted molar refractivity (Wildman–Crippen MR) is 66.6 cm³/mol. The van der Waals surface area contributed by atoms with E-state index in [-0.39, 0.29) is 0 Å². The van der Waals surface area contributed by atoms with Crippen molar-refractivity contribution < 1.29 is 9.52 Å². The number of benzene rings is 1. The lowest BCUT2D eigenvalue weighted by Gasteiger charge is -2.11. The zero-order valence-corrected chi connectivity index (χ0v) is 9.89. The van der Waals surface area contributed by atoms with Gasteiger partial charge in [-0.2, -0.15) is 0 Å². The number of nitrogens with one attached hydrogen (secondary N) is 1. The molecular weight excluding hydrogens is 214 g/mol. The molecule has 0 aliphatic carbocycles. The molecule has 1 unspecified atom stereocenters. The molecule has 0 radical (unpaired) electrons. The van der Waals surface area contributed by atoms with Crippen LogP contribution in [0, 0.1) is 6.92 Å². The Balaban J connectivity index is 1.81. The first-order valence-electron chi connectivity index (χ1n) is 5.73. The third-order valence-electron chi connectivity index (χ3n) is 2.68. The average Bonchev–Trinajstić information content (AvgIpc) is 2.83. The first-order chi connectivity index (χ1) is 8.25. The molecule has 3 nitrogen and oxygen atoms in total. The molecule has 0 saturated carbocycles. The molecule has 90 valence electrons. The Morgan fingerprint density at radius 1 is 1.24 bits per heavy atom. The first kappa shape index (κ1) is 11.9. The van der Waals surface area contributed by atoms with Gasteiger partial charge in [0.2, 0.25) is 0 Å². The Hall–Kier alpha value is -1.58. The van der Waals surface area contributed by atoms with Crippen LogP contribution in [0.2, 0.25) is 0 Å². The average molecular weight is 231 g/mol. The van der Waals surface area contributed by atoms with E-state index in [2.05, 4.69) is 5.32 Å². The monoisotopic (exact) mass is 231 g/mol. The Morgan fingerprint density at radius 3 is 2.65 bits per heavy atom. The van der Waals surface area contributed by atoms with Crippen LogP contribution in [0.15, 0.2) is 47.1 Å². The fourth-order valence-electron chi connectivity index (χ4n) is 1.65. The molecule has 0 bridgehead atoms. The van der Waals surface area contributed by atoms with E-state index in [0.29, 0.717) is 13.1 Å². The highest BCUT2D eigenvalue weighted by Gasteiger charge is 2.06. The first-order valence-corrected chi connectivity index (χ1v) is 5.73. The molecule has 1 heterocycles. The van der Waals surface area contributed by atoms with E-state index >= 15 is 0 Å². The molecule has 1 atom stereocenters. The van der Waals surface area contributed by atoms with Crippen LogP contribution in [0.4, 0.5) is 0 Å². The van der Waals surface area contributed by atoms with Crippen molar-refractivity contribution in [1.29, 1.82) is 0 Å². The Bertz CT molecular complexity index is 434. The molecule has 0 saturated heterocycles. The van der Waals surface area contributed by atoms with Gasteiger partial charge in [-0.3, -0.25) is 0 Å². The number of furan rings is 1. The van der Waals surface area contributed by atoms with Crippen LogP contribution in [0.25, 0.3) is 0 Å². The van der Waals surface area contributed by atoms with E-state index in [0.717, 1.165) is 11.3 Å². The molecular formula is C14H17NO2. The van der Waals surface area contributed by atoms with E-state index in [9.17, 15) is 5.11 Å². The van der Waals surface area contributed by atoms with Crippen LogP contribution < -0.4 is 5.32 Å². The fourth-order valence-corrected chi connectivity index (χ4v) is 1.65. The van der Waals surface area contributed by atoms with Crippen molar-refractivity contribution in [2.75, 3.05) is 6.54 Å². The minimum absolute atomic E-state index is 0.481. The molecule has 17 heavy (non-hydrogen) atoms. The molecule has 0 aliphatic heterocycles. The SMILES string of the molecule is Cc1ccc(C(O)CNCc2ccco2)cc1. The summed E-state index contributed by atoms with van der Waals surface area (Å²) in [5.41, 5.74) is 2.13. The van der Waals surface area contributed by atoms with Gasteiger partial charge in [0.25, 0.3) is 0 Å². The smallest absolute Gasteiger partial charge is 0.117 e. The summed E-state index contributed by atoms with van der Waals surface area (Å²) in [4.78, 5) is 0. The second-order valence-corrected chi connectivity index (χ2v) is 4.14. The van der Waals surface area contributed by atoms with E-state index in [1.807, 2.05) is 43.3 Å². The molecule has 0 spiro atoms. The van der Waals surface area contributed by atoms with Crippen molar-refractivity contribution in [2.24, 2.45) is 0 Å². The standard InChI is InChI=1S/C14H17NO2/c1-11-4-6-12(7-5-11)14(16)10-15-9-13-3-2-8-17-13/h2-8,14-16H,9-10H2,1H3. The van der Waals surface area contributed by atoms with Gasteiger partial charge >= 0.3 is 0 Å². The van der Waals surface area contributed by atoms with Crippen LogP contribution in [0.5, 0.6) is 0 Å². The van der Waals surface area contributed by atoms with E-state index in [1.165, 1.54) is 5.56 Å². The maximum absolute atomic E-state index is 9.95. The number of aliphatic hydroxyl groups excluding tert-OH is 1. The van der Waals surface area contributed by atoms with Crippen molar-refractivity contribution in [3.05, 3.63) is 59.5 Å². The van der Waals surface area contributed by atoms with Crippen LogP contribution >= 0.6 is 0 Å². The molecule has 2 N–H and O–H groups in total. The third kappa shape index (κ3) is 3.44. The van der Waals surface area contributed by atoms with Crippen LogP contribution in [-0.4, -0.2) is 11.7 Å². The second kappa shape index (κ2) is 5.66. The van der Waals surface area contributed by atoms with Gasteiger partial charge in [0, 0.05) is 6.54 Å². The Kier molecular flexibility index (Phi) is 3.96. The van der Waals surface area contributed by atoms with Crippen molar-refractivity contribution in [3.63, 3.8) is 0 Å². The van der Waals surface area contributed by atoms with Crippen LogP contribution in [0.1, 0.15) is 23.0 Å². The highest BCUT2D eigenvalue weighted by Crippen LogP contribution is 2.12. The summed E-state index contributed by atoms with van der Waals surface area (Å²) in [5, 5.41) is 13.1. The van der Waals surface area contributed by atoms with Gasteiger partial charge in [-0.05, 0) is 24.6 Å². The van der Waals surface area contributed by atoms with E-state index in [1.54, 1.807) is 6.26 Å². The van der Waals surface area contributed by atoms with Crippen LogP contribution in [0.3, 0.4) is 0 Å². The molecule has 1 aromatic heterocycles. The zero-order chi connectivity index (χ0) is 12.1. The summed E-state index contributed by atoms with van der Waals surface area (Å²) in [6.45, 7) is 3.19. The normalized spacial score (nSPS) is 12.6. The number of hydrogen-bond acceptors (Lipinski definition) is 3. The van der Waals surface area contributed by atoms with E-state index < -0.39 is 6.10 Å². The summed E-state index contributed by atoms with van der Waals surface area (Å²) in [7, 11) is 0. The summed E-state index contributed by atoms with van der Waals surface area (Å²) in [5.74, 6) is 0.876. The quantitative estimate of drug-likeness (QED) is 0.830. The van der Waals surface area contributed by atoms with Gasteiger partial charge < -0.3 is 14.8 Å². The second-order valence-electron chi connectivity index (χ2n) is 4.14. The van der Waals surface area contributed by atoms with Crippen molar-refractivity contribution in [2.45, 2.75) is 19.6 Å². The maximum atomic E-state index is 9.95. The molecule has 2 aromatic rings. The number of aryl methyl sites for hydroxylation is 1. The topological polar surface area (TPSA) is 45.4 Å².